The number of benzene rings is 2. The molecule has 6 heteroatoms. The highest BCUT2D eigenvalue weighted by Gasteiger charge is 2.05. The van der Waals surface area contributed by atoms with E-state index in [1.165, 1.54) is 11.6 Å². The number of nitrogens with one attached hydrogen (secondary N) is 1. The lowest BCUT2D eigenvalue weighted by Crippen LogP contribution is -2.14. The molecule has 0 bridgehead atoms. The zero-order valence-electron chi connectivity index (χ0n) is 12.5. The number of carbonyl (C=O) groups is 1. The molecule has 2 N–H and O–H groups in total. The summed E-state index contributed by atoms with van der Waals surface area (Å²) < 4.78 is 11.0. The van der Waals surface area contributed by atoms with Gasteiger partial charge in [0.05, 0.1) is 7.11 Å². The molecular formula is C17H16ClNO4. The Morgan fingerprint density at radius 3 is 2.65 bits per heavy atom. The molecule has 0 spiro atoms. The second kappa shape index (κ2) is 8.22. The van der Waals surface area contributed by atoms with Gasteiger partial charge in [0, 0.05) is 22.7 Å². The van der Waals surface area contributed by atoms with Crippen LogP contribution in [0, 0.1) is 0 Å². The summed E-state index contributed by atoms with van der Waals surface area (Å²) in [7, 11) is 1.56. The van der Waals surface area contributed by atoms with Crippen molar-refractivity contribution in [1.29, 1.82) is 0 Å². The topological polar surface area (TPSA) is 67.8 Å². The van der Waals surface area contributed by atoms with E-state index in [0.717, 1.165) is 5.56 Å². The SMILES string of the molecule is COc1ccc(/C=C/C(=O)NO)c(OCc2ccc(Cl)cc2)c1. The largest absolute Gasteiger partial charge is 0.497 e. The van der Waals surface area contributed by atoms with Crippen LogP contribution in [0.3, 0.4) is 0 Å². The summed E-state index contributed by atoms with van der Waals surface area (Å²) in [6.07, 6.45) is 2.75. The maximum atomic E-state index is 11.1. The van der Waals surface area contributed by atoms with E-state index in [1.54, 1.807) is 43.5 Å². The Morgan fingerprint density at radius 2 is 2.00 bits per heavy atom. The van der Waals surface area contributed by atoms with Gasteiger partial charge < -0.3 is 9.47 Å². The molecule has 120 valence electrons. The van der Waals surface area contributed by atoms with Crippen molar-refractivity contribution in [1.82, 2.24) is 5.48 Å². The first-order valence-corrected chi connectivity index (χ1v) is 7.17. The number of rotatable bonds is 6. The summed E-state index contributed by atoms with van der Waals surface area (Å²) in [5, 5.41) is 9.19. The fourth-order valence-corrected chi connectivity index (χ4v) is 1.97. The maximum absolute atomic E-state index is 11.1. The number of ether oxygens (including phenoxy) is 2. The minimum absolute atomic E-state index is 0.345. The van der Waals surface area contributed by atoms with Crippen LogP contribution in [0.2, 0.25) is 5.02 Å². The summed E-state index contributed by atoms with van der Waals surface area (Å²) in [6.45, 7) is 0.345. The molecule has 2 rings (SSSR count). The van der Waals surface area contributed by atoms with Crippen LogP contribution < -0.4 is 15.0 Å². The van der Waals surface area contributed by atoms with E-state index in [2.05, 4.69) is 0 Å². The molecule has 1 amide bonds. The standard InChI is InChI=1S/C17H16ClNO4/c1-22-15-8-4-13(5-9-17(20)19-21)16(10-15)23-11-12-2-6-14(18)7-3-12/h2-10,21H,11H2,1H3,(H,19,20)/b9-5+. The van der Waals surface area contributed by atoms with Crippen LogP contribution in [0.5, 0.6) is 11.5 Å². The summed E-state index contributed by atoms with van der Waals surface area (Å²) in [6, 6.07) is 12.6. The second-order valence-electron chi connectivity index (χ2n) is 4.63. The van der Waals surface area contributed by atoms with Crippen molar-refractivity contribution >= 4 is 23.6 Å². The Kier molecular flexibility index (Phi) is 6.02. The lowest BCUT2D eigenvalue weighted by molar-refractivity contribution is -0.124. The highest BCUT2D eigenvalue weighted by atomic mass is 35.5. The molecule has 5 nitrogen and oxygen atoms in total. The van der Waals surface area contributed by atoms with Crippen LogP contribution in [-0.2, 0) is 11.4 Å². The van der Waals surface area contributed by atoms with E-state index in [1.807, 2.05) is 12.1 Å². The van der Waals surface area contributed by atoms with Crippen LogP contribution in [0.15, 0.2) is 48.5 Å². The van der Waals surface area contributed by atoms with Gasteiger partial charge in [-0.2, -0.15) is 0 Å². The fraction of sp³-hybridized carbons (Fsp3) is 0.118. The molecule has 23 heavy (non-hydrogen) atoms. The number of halogens is 1. The fourth-order valence-electron chi connectivity index (χ4n) is 1.85. The molecule has 0 saturated carbocycles. The molecule has 0 aliphatic rings. The van der Waals surface area contributed by atoms with Gasteiger partial charge in [-0.15, -0.1) is 0 Å². The van der Waals surface area contributed by atoms with Crippen molar-refractivity contribution in [3.05, 3.63) is 64.7 Å². The Labute approximate surface area is 139 Å². The molecule has 0 aromatic heterocycles. The van der Waals surface area contributed by atoms with Crippen LogP contribution in [0.1, 0.15) is 11.1 Å². The number of hydroxylamine groups is 1. The van der Waals surface area contributed by atoms with E-state index in [9.17, 15) is 4.79 Å². The van der Waals surface area contributed by atoms with Gasteiger partial charge in [0.15, 0.2) is 0 Å². The predicted octanol–water partition coefficient (Wildman–Crippen LogP) is 3.45. The van der Waals surface area contributed by atoms with Crippen molar-refractivity contribution in [3.63, 3.8) is 0 Å². The van der Waals surface area contributed by atoms with Crippen molar-refractivity contribution in [3.8, 4) is 11.5 Å². The van der Waals surface area contributed by atoms with Crippen LogP contribution in [0.4, 0.5) is 0 Å². The Hall–Kier alpha value is -2.50. The first-order valence-electron chi connectivity index (χ1n) is 6.80. The van der Waals surface area contributed by atoms with Crippen molar-refractivity contribution in [2.75, 3.05) is 7.11 Å². The molecule has 0 atom stereocenters. The minimum atomic E-state index is -0.621. The van der Waals surface area contributed by atoms with Crippen molar-refractivity contribution in [2.45, 2.75) is 6.61 Å². The monoisotopic (exact) mass is 333 g/mol. The van der Waals surface area contributed by atoms with E-state index in [-0.39, 0.29) is 0 Å². The van der Waals surface area contributed by atoms with Gasteiger partial charge in [-0.1, -0.05) is 23.7 Å². The van der Waals surface area contributed by atoms with Gasteiger partial charge in [-0.25, -0.2) is 5.48 Å². The van der Waals surface area contributed by atoms with Gasteiger partial charge >= 0.3 is 0 Å². The van der Waals surface area contributed by atoms with E-state index < -0.39 is 5.91 Å². The minimum Gasteiger partial charge on any atom is -0.497 e. The second-order valence-corrected chi connectivity index (χ2v) is 5.06. The molecule has 0 heterocycles. The average Bonchev–Trinajstić information content (AvgIpc) is 2.59. The zero-order valence-corrected chi connectivity index (χ0v) is 13.2. The van der Waals surface area contributed by atoms with Crippen molar-refractivity contribution < 1.29 is 19.5 Å². The van der Waals surface area contributed by atoms with Crippen LogP contribution >= 0.6 is 11.6 Å². The lowest BCUT2D eigenvalue weighted by Gasteiger charge is -2.11. The molecule has 2 aromatic carbocycles. The number of hydrogen-bond donors (Lipinski definition) is 2. The highest BCUT2D eigenvalue weighted by molar-refractivity contribution is 6.30. The Balaban J connectivity index is 2.18. The normalized spacial score (nSPS) is 10.6. The molecule has 2 aromatic rings. The van der Waals surface area contributed by atoms with Gasteiger partial charge in [0.25, 0.3) is 5.91 Å². The van der Waals surface area contributed by atoms with Gasteiger partial charge in [0.2, 0.25) is 0 Å². The van der Waals surface area contributed by atoms with Crippen LogP contribution in [0.25, 0.3) is 6.08 Å². The number of hydrogen-bond acceptors (Lipinski definition) is 4. The molecule has 0 saturated heterocycles. The zero-order chi connectivity index (χ0) is 16.7. The maximum Gasteiger partial charge on any atom is 0.267 e. The highest BCUT2D eigenvalue weighted by Crippen LogP contribution is 2.27. The van der Waals surface area contributed by atoms with E-state index >= 15 is 0 Å². The third-order valence-electron chi connectivity index (χ3n) is 3.05. The van der Waals surface area contributed by atoms with E-state index in [0.29, 0.717) is 28.7 Å². The molecule has 0 aliphatic heterocycles. The molecule has 0 radical (unpaired) electrons. The first kappa shape index (κ1) is 16.9. The third-order valence-corrected chi connectivity index (χ3v) is 3.30. The Morgan fingerprint density at radius 1 is 1.26 bits per heavy atom. The van der Waals surface area contributed by atoms with E-state index in [4.69, 9.17) is 26.3 Å². The Bertz CT molecular complexity index is 698. The molecule has 0 aliphatic carbocycles. The number of amides is 1. The summed E-state index contributed by atoms with van der Waals surface area (Å²) in [5.74, 6) is 0.575. The van der Waals surface area contributed by atoms with Gasteiger partial charge in [-0.05, 0) is 35.9 Å². The summed E-state index contributed by atoms with van der Waals surface area (Å²) >= 11 is 5.85. The van der Waals surface area contributed by atoms with Crippen LogP contribution in [-0.4, -0.2) is 18.2 Å². The number of carbonyl (C=O) groups excluding carboxylic acids is 1. The molecule has 0 unspecified atom stereocenters. The smallest absolute Gasteiger partial charge is 0.267 e. The molecule has 0 fully saturated rings. The van der Waals surface area contributed by atoms with Gasteiger partial charge in [0.1, 0.15) is 18.1 Å². The summed E-state index contributed by atoms with van der Waals surface area (Å²) in [4.78, 5) is 11.1. The third kappa shape index (κ3) is 5.02. The first-order chi connectivity index (χ1) is 11.1. The quantitative estimate of drug-likeness (QED) is 0.482. The average molecular weight is 334 g/mol. The lowest BCUT2D eigenvalue weighted by atomic mass is 10.1. The summed E-state index contributed by atoms with van der Waals surface area (Å²) in [5.41, 5.74) is 3.18. The number of methoxy groups -OCH3 is 1. The molecular weight excluding hydrogens is 318 g/mol. The predicted molar refractivity (Wildman–Crippen MR) is 87.7 cm³/mol. The van der Waals surface area contributed by atoms with Crippen molar-refractivity contribution in [2.24, 2.45) is 0 Å². The van der Waals surface area contributed by atoms with Gasteiger partial charge in [-0.3, -0.25) is 10.0 Å².